The second-order valence-electron chi connectivity index (χ2n) is 1.38. The van der Waals surface area contributed by atoms with Gasteiger partial charge in [-0.05, 0) is 6.26 Å². The molecule has 0 bridgehead atoms. The van der Waals surface area contributed by atoms with Gasteiger partial charge < -0.3 is 0 Å². The Balaban J connectivity index is 2.88. The highest BCUT2D eigenvalue weighted by molar-refractivity contribution is 8.12. The Morgan fingerprint density at radius 1 is 1.70 bits per heavy atom. The maximum absolute atomic E-state index is 4.79. The van der Waals surface area contributed by atoms with Crippen LogP contribution in [0.3, 0.4) is 0 Å². The minimum absolute atomic E-state index is 0.512. The number of hydrogen-bond acceptors (Lipinski definition) is 5. The molecule has 10 heavy (non-hydrogen) atoms. The van der Waals surface area contributed by atoms with E-state index in [0.717, 1.165) is 9.35 Å². The van der Waals surface area contributed by atoms with E-state index >= 15 is 0 Å². The molecule has 1 aromatic heterocycles. The molecule has 0 amide bonds. The number of nitrogens with zero attached hydrogens (tertiary/aromatic N) is 2. The summed E-state index contributed by atoms with van der Waals surface area (Å²) >= 11 is 11.8. The molecule has 0 radical (unpaired) electrons. The Bertz CT molecular complexity index is 243. The summed E-state index contributed by atoms with van der Waals surface area (Å²) < 4.78 is 1.43. The Morgan fingerprint density at radius 3 is 2.70 bits per heavy atom. The first kappa shape index (κ1) is 8.45. The Morgan fingerprint density at radius 2 is 2.40 bits per heavy atom. The van der Waals surface area contributed by atoms with E-state index in [1.165, 1.54) is 11.3 Å². The molecule has 6 heteroatoms. The predicted octanol–water partition coefficient (Wildman–Crippen LogP) is 1.87. The predicted molar refractivity (Wildman–Crippen MR) is 52.4 cm³/mol. The fourth-order valence-electron chi connectivity index (χ4n) is 0.379. The summed E-state index contributed by atoms with van der Waals surface area (Å²) in [7, 11) is 0. The molecule has 54 valence electrons. The highest BCUT2D eigenvalue weighted by Gasteiger charge is 2.03. The molecule has 1 rings (SSSR count). The average molecular weight is 208 g/mol. The van der Waals surface area contributed by atoms with Crippen molar-refractivity contribution in [1.82, 2.24) is 10.2 Å². The minimum atomic E-state index is 0.512. The lowest BCUT2D eigenvalue weighted by Gasteiger charge is -1.80. The second-order valence-corrected chi connectivity index (χ2v) is 4.57. The molecule has 0 aliphatic carbocycles. The van der Waals surface area contributed by atoms with Crippen LogP contribution in [0.25, 0.3) is 0 Å². The summed E-state index contributed by atoms with van der Waals surface area (Å²) in [5.74, 6) is 0. The molecule has 0 unspecified atom stereocenters. The molecule has 1 aromatic rings. The van der Waals surface area contributed by atoms with Crippen molar-refractivity contribution in [2.24, 2.45) is 0 Å². The van der Waals surface area contributed by atoms with Crippen LogP contribution in [-0.2, 0) is 0 Å². The lowest BCUT2D eigenvalue weighted by Crippen LogP contribution is -1.83. The smallest absolute Gasteiger partial charge is 0.136 e. The molecule has 0 fully saturated rings. The molecular weight excluding hydrogens is 204 g/mol. The zero-order valence-corrected chi connectivity index (χ0v) is 8.41. The highest BCUT2D eigenvalue weighted by atomic mass is 32.2. The summed E-state index contributed by atoms with van der Waals surface area (Å²) in [4.78, 5) is 0. The molecule has 2 nitrogen and oxygen atoms in total. The lowest BCUT2D eigenvalue weighted by molar-refractivity contribution is 1.01. The zero-order chi connectivity index (χ0) is 7.56. The van der Waals surface area contributed by atoms with Gasteiger partial charge in [-0.15, -0.1) is 22.8 Å². The fraction of sp³-hybridized carbons (Fsp3) is 0.250. The number of thiocarbonyl (C=S) groups is 1. The molecule has 0 spiro atoms. The van der Waals surface area contributed by atoms with E-state index in [-0.39, 0.29) is 0 Å². The molecule has 0 aromatic carbocycles. The van der Waals surface area contributed by atoms with Crippen LogP contribution in [0, 0.1) is 0 Å². The van der Waals surface area contributed by atoms with Gasteiger partial charge in [-0.3, -0.25) is 0 Å². The first-order valence-electron chi connectivity index (χ1n) is 2.35. The van der Waals surface area contributed by atoms with Crippen LogP contribution >= 0.6 is 47.9 Å². The van der Waals surface area contributed by atoms with Gasteiger partial charge >= 0.3 is 0 Å². The van der Waals surface area contributed by atoms with E-state index in [9.17, 15) is 0 Å². The van der Waals surface area contributed by atoms with Crippen molar-refractivity contribution in [3.8, 4) is 0 Å². The molecule has 0 atom stereocenters. The normalized spacial score (nSPS) is 9.80. The van der Waals surface area contributed by atoms with E-state index in [1.807, 2.05) is 6.26 Å². The number of hydrogen-bond donors (Lipinski definition) is 1. The number of thiol groups is 1. The van der Waals surface area contributed by atoms with Crippen molar-refractivity contribution >= 4 is 52.1 Å². The van der Waals surface area contributed by atoms with Crippen LogP contribution in [0.5, 0.6) is 0 Å². The standard InChI is InChI=1S/C4H4N2S4/c1-9-4-6-5-2(10-4)3(7)8/h1H3,(H,7,8). The first-order valence-corrected chi connectivity index (χ1v) is 5.24. The van der Waals surface area contributed by atoms with Gasteiger partial charge in [0.25, 0.3) is 0 Å². The van der Waals surface area contributed by atoms with Gasteiger partial charge in [0.2, 0.25) is 0 Å². The van der Waals surface area contributed by atoms with Crippen molar-refractivity contribution in [3.05, 3.63) is 5.01 Å². The van der Waals surface area contributed by atoms with Crippen LogP contribution < -0.4 is 0 Å². The van der Waals surface area contributed by atoms with E-state index in [1.54, 1.807) is 11.8 Å². The van der Waals surface area contributed by atoms with E-state index < -0.39 is 0 Å². The van der Waals surface area contributed by atoms with Gasteiger partial charge in [0.15, 0.2) is 9.35 Å². The Labute approximate surface area is 77.8 Å². The lowest BCUT2D eigenvalue weighted by atomic mass is 10.8. The van der Waals surface area contributed by atoms with Crippen molar-refractivity contribution in [1.29, 1.82) is 0 Å². The molecule has 0 N–H and O–H groups in total. The summed E-state index contributed by atoms with van der Waals surface area (Å²) in [5, 5.41) is 8.39. The third-order valence-electron chi connectivity index (χ3n) is 0.764. The Kier molecular flexibility index (Phi) is 3.09. The van der Waals surface area contributed by atoms with E-state index in [0.29, 0.717) is 4.20 Å². The highest BCUT2D eigenvalue weighted by Crippen LogP contribution is 2.20. The summed E-state index contributed by atoms with van der Waals surface area (Å²) in [6, 6.07) is 0. The van der Waals surface area contributed by atoms with Crippen molar-refractivity contribution in [3.63, 3.8) is 0 Å². The maximum Gasteiger partial charge on any atom is 0.174 e. The van der Waals surface area contributed by atoms with Crippen molar-refractivity contribution < 1.29 is 0 Å². The average Bonchev–Trinajstić information content (AvgIpc) is 2.34. The monoisotopic (exact) mass is 208 g/mol. The largest absolute Gasteiger partial charge is 0.174 e. The molecular formula is C4H4N2S4. The van der Waals surface area contributed by atoms with E-state index in [4.69, 9.17) is 12.2 Å². The van der Waals surface area contributed by atoms with Gasteiger partial charge in [0.05, 0.1) is 0 Å². The van der Waals surface area contributed by atoms with Gasteiger partial charge in [-0.25, -0.2) is 0 Å². The second kappa shape index (κ2) is 3.66. The molecule has 0 saturated heterocycles. The minimum Gasteiger partial charge on any atom is -0.136 e. The molecule has 1 heterocycles. The number of thioether (sulfide) groups is 1. The molecule has 0 aliphatic heterocycles. The van der Waals surface area contributed by atoms with Crippen LogP contribution in [0.15, 0.2) is 4.34 Å². The Hall–Kier alpha value is 0.350. The van der Waals surface area contributed by atoms with Crippen LogP contribution in [0.1, 0.15) is 5.01 Å². The van der Waals surface area contributed by atoms with Crippen LogP contribution in [0.4, 0.5) is 0 Å². The van der Waals surface area contributed by atoms with Crippen molar-refractivity contribution in [2.45, 2.75) is 4.34 Å². The topological polar surface area (TPSA) is 25.8 Å². The third-order valence-corrected chi connectivity index (χ3v) is 3.37. The van der Waals surface area contributed by atoms with E-state index in [2.05, 4.69) is 22.8 Å². The number of rotatable bonds is 2. The maximum atomic E-state index is 4.79. The fourth-order valence-corrected chi connectivity index (χ4v) is 1.83. The summed E-state index contributed by atoms with van der Waals surface area (Å²) in [5.41, 5.74) is 0. The molecule has 0 saturated carbocycles. The summed E-state index contributed by atoms with van der Waals surface area (Å²) in [6.45, 7) is 0. The van der Waals surface area contributed by atoms with Crippen LogP contribution in [-0.4, -0.2) is 20.6 Å². The quantitative estimate of drug-likeness (QED) is 0.456. The van der Waals surface area contributed by atoms with Gasteiger partial charge in [-0.1, -0.05) is 35.3 Å². The van der Waals surface area contributed by atoms with Gasteiger partial charge in [-0.2, -0.15) is 0 Å². The molecule has 0 aliphatic rings. The van der Waals surface area contributed by atoms with Gasteiger partial charge in [0.1, 0.15) is 4.20 Å². The summed E-state index contributed by atoms with van der Waals surface area (Å²) in [6.07, 6.45) is 1.95. The van der Waals surface area contributed by atoms with Gasteiger partial charge in [0, 0.05) is 0 Å². The SMILES string of the molecule is CSc1nnc(C(=S)S)s1. The number of aromatic nitrogens is 2. The van der Waals surface area contributed by atoms with Crippen molar-refractivity contribution in [2.75, 3.05) is 6.26 Å². The van der Waals surface area contributed by atoms with Crippen LogP contribution in [0.2, 0.25) is 0 Å². The third kappa shape index (κ3) is 1.91. The zero-order valence-electron chi connectivity index (χ0n) is 5.07. The first-order chi connectivity index (χ1) is 4.74.